The molecule has 1 aromatic carbocycles. The fraction of sp³-hybridized carbons (Fsp3) is 0.619. The summed E-state index contributed by atoms with van der Waals surface area (Å²) in [5, 5.41) is 3.34. The van der Waals surface area contributed by atoms with Crippen molar-refractivity contribution in [1.82, 2.24) is 10.2 Å². The normalized spacial score (nSPS) is 16.3. The Labute approximate surface area is 162 Å². The van der Waals surface area contributed by atoms with E-state index in [0.717, 1.165) is 44.0 Å². The van der Waals surface area contributed by atoms with Gasteiger partial charge in [0.15, 0.2) is 5.96 Å². The largest absolute Gasteiger partial charge is 0.466 e. The molecule has 1 aromatic rings. The van der Waals surface area contributed by atoms with Gasteiger partial charge in [0.2, 0.25) is 0 Å². The number of hydrogen-bond acceptors (Lipinski definition) is 3. The molecule has 1 fully saturated rings. The number of rotatable bonds is 6. The topological polar surface area (TPSA) is 53.9 Å². The van der Waals surface area contributed by atoms with Crippen molar-refractivity contribution < 1.29 is 13.9 Å². The lowest BCUT2D eigenvalue weighted by atomic mass is 9.85. The molecule has 0 atom stereocenters. The lowest BCUT2D eigenvalue weighted by Crippen LogP contribution is -2.47. The minimum absolute atomic E-state index is 0.0205. The quantitative estimate of drug-likeness (QED) is 0.469. The number of piperidine rings is 1. The second-order valence-electron chi connectivity index (χ2n) is 7.58. The van der Waals surface area contributed by atoms with Crippen molar-refractivity contribution in [2.75, 3.05) is 32.8 Å². The Morgan fingerprint density at radius 2 is 2.04 bits per heavy atom. The molecule has 150 valence electrons. The number of benzene rings is 1. The average Bonchev–Trinajstić information content (AvgIpc) is 2.65. The van der Waals surface area contributed by atoms with Gasteiger partial charge in [-0.05, 0) is 44.4 Å². The third-order valence-electron chi connectivity index (χ3n) is 4.98. The Balaban J connectivity index is 2.03. The number of esters is 1. The molecule has 1 aliphatic heterocycles. The summed E-state index contributed by atoms with van der Waals surface area (Å²) < 4.78 is 18.7. The summed E-state index contributed by atoms with van der Waals surface area (Å²) >= 11 is 0. The standard InChI is InChI=1S/C21H32FN3O2/c1-5-23-20(25-12-10-16(11-13-25)19(26)27-6-2)24-15-21(3,4)17-8-7-9-18(22)14-17/h7-9,14,16H,5-6,10-13,15H2,1-4H3,(H,23,24). The van der Waals surface area contributed by atoms with Crippen molar-refractivity contribution in [2.45, 2.75) is 46.0 Å². The molecule has 1 heterocycles. The number of ether oxygens (including phenoxy) is 1. The van der Waals surface area contributed by atoms with E-state index in [-0.39, 0.29) is 23.1 Å². The highest BCUT2D eigenvalue weighted by molar-refractivity contribution is 5.80. The molecule has 1 N–H and O–H groups in total. The number of aliphatic imine (C=N–C) groups is 1. The molecule has 1 aliphatic rings. The van der Waals surface area contributed by atoms with Gasteiger partial charge in [0, 0.05) is 25.0 Å². The first-order valence-corrected chi connectivity index (χ1v) is 9.83. The van der Waals surface area contributed by atoms with Gasteiger partial charge in [-0.1, -0.05) is 26.0 Å². The molecule has 27 heavy (non-hydrogen) atoms. The van der Waals surface area contributed by atoms with Gasteiger partial charge in [-0.3, -0.25) is 9.79 Å². The number of carbonyl (C=O) groups is 1. The number of nitrogens with one attached hydrogen (secondary N) is 1. The molecular weight excluding hydrogens is 345 g/mol. The molecule has 5 nitrogen and oxygen atoms in total. The predicted molar refractivity (Wildman–Crippen MR) is 106 cm³/mol. The fourth-order valence-corrected chi connectivity index (χ4v) is 3.29. The summed E-state index contributed by atoms with van der Waals surface area (Å²) in [4.78, 5) is 18.9. The SMILES string of the molecule is CCNC(=NCC(C)(C)c1cccc(F)c1)N1CCC(C(=O)OCC)CC1. The zero-order chi connectivity index (χ0) is 19.9. The van der Waals surface area contributed by atoms with Crippen molar-refractivity contribution in [3.8, 4) is 0 Å². The molecule has 0 bridgehead atoms. The van der Waals surface area contributed by atoms with Gasteiger partial charge in [0.05, 0.1) is 19.1 Å². The first kappa shape index (κ1) is 21.2. The van der Waals surface area contributed by atoms with Gasteiger partial charge in [-0.2, -0.15) is 0 Å². The highest BCUT2D eigenvalue weighted by Gasteiger charge is 2.28. The molecular formula is C21H32FN3O2. The van der Waals surface area contributed by atoms with Gasteiger partial charge in [-0.15, -0.1) is 0 Å². The van der Waals surface area contributed by atoms with E-state index in [4.69, 9.17) is 9.73 Å². The summed E-state index contributed by atoms with van der Waals surface area (Å²) in [6.45, 7) is 11.3. The first-order chi connectivity index (χ1) is 12.9. The second-order valence-corrected chi connectivity index (χ2v) is 7.58. The highest BCUT2D eigenvalue weighted by atomic mass is 19.1. The zero-order valence-electron chi connectivity index (χ0n) is 16.9. The van der Waals surface area contributed by atoms with Crippen molar-refractivity contribution in [1.29, 1.82) is 0 Å². The van der Waals surface area contributed by atoms with Crippen LogP contribution in [-0.4, -0.2) is 49.6 Å². The van der Waals surface area contributed by atoms with Crippen molar-refractivity contribution in [3.63, 3.8) is 0 Å². The molecule has 0 aromatic heterocycles. The molecule has 0 amide bonds. The summed E-state index contributed by atoms with van der Waals surface area (Å²) in [7, 11) is 0. The van der Waals surface area contributed by atoms with Crippen LogP contribution in [0.4, 0.5) is 4.39 Å². The van der Waals surface area contributed by atoms with Crippen LogP contribution in [0.3, 0.4) is 0 Å². The maximum absolute atomic E-state index is 13.6. The van der Waals surface area contributed by atoms with E-state index in [1.54, 1.807) is 12.1 Å². The summed E-state index contributed by atoms with van der Waals surface area (Å²) in [5.41, 5.74) is 0.662. The molecule has 0 unspecified atom stereocenters. The predicted octanol–water partition coefficient (Wildman–Crippen LogP) is 3.34. The van der Waals surface area contributed by atoms with Gasteiger partial charge in [0.25, 0.3) is 0 Å². The van der Waals surface area contributed by atoms with Crippen molar-refractivity contribution in [3.05, 3.63) is 35.6 Å². The van der Waals surface area contributed by atoms with Crippen LogP contribution in [0.15, 0.2) is 29.3 Å². The van der Waals surface area contributed by atoms with E-state index in [0.29, 0.717) is 13.2 Å². The van der Waals surface area contributed by atoms with Crippen LogP contribution in [-0.2, 0) is 14.9 Å². The van der Waals surface area contributed by atoms with E-state index < -0.39 is 0 Å². The van der Waals surface area contributed by atoms with Crippen LogP contribution in [0.5, 0.6) is 0 Å². The van der Waals surface area contributed by atoms with Crippen LogP contribution in [0.2, 0.25) is 0 Å². The molecule has 0 radical (unpaired) electrons. The minimum Gasteiger partial charge on any atom is -0.466 e. The number of halogens is 1. The van der Waals surface area contributed by atoms with Crippen molar-refractivity contribution >= 4 is 11.9 Å². The van der Waals surface area contributed by atoms with Crippen LogP contribution < -0.4 is 5.32 Å². The maximum atomic E-state index is 13.6. The van der Waals surface area contributed by atoms with E-state index in [1.807, 2.05) is 19.9 Å². The Morgan fingerprint density at radius 3 is 2.63 bits per heavy atom. The molecule has 0 aliphatic carbocycles. The molecule has 1 saturated heterocycles. The third-order valence-corrected chi connectivity index (χ3v) is 4.98. The molecule has 0 saturated carbocycles. The lowest BCUT2D eigenvalue weighted by molar-refractivity contribution is -0.149. The van der Waals surface area contributed by atoms with Crippen LogP contribution in [0.1, 0.15) is 46.1 Å². The van der Waals surface area contributed by atoms with Crippen LogP contribution >= 0.6 is 0 Å². The average molecular weight is 378 g/mol. The van der Waals surface area contributed by atoms with E-state index >= 15 is 0 Å². The summed E-state index contributed by atoms with van der Waals surface area (Å²) in [6.07, 6.45) is 1.55. The van der Waals surface area contributed by atoms with E-state index in [2.05, 4.69) is 24.1 Å². The number of guanidine groups is 1. The first-order valence-electron chi connectivity index (χ1n) is 9.83. The van der Waals surface area contributed by atoms with Crippen molar-refractivity contribution in [2.24, 2.45) is 10.9 Å². The second kappa shape index (κ2) is 9.72. The Hall–Kier alpha value is -2.11. The maximum Gasteiger partial charge on any atom is 0.309 e. The summed E-state index contributed by atoms with van der Waals surface area (Å²) in [6, 6.07) is 6.71. The van der Waals surface area contributed by atoms with Gasteiger partial charge in [-0.25, -0.2) is 4.39 Å². The number of likely N-dealkylation sites (tertiary alicyclic amines) is 1. The van der Waals surface area contributed by atoms with Crippen LogP contribution in [0, 0.1) is 11.7 Å². The Kier molecular flexibility index (Phi) is 7.63. The van der Waals surface area contributed by atoms with Crippen LogP contribution in [0.25, 0.3) is 0 Å². The highest BCUT2D eigenvalue weighted by Crippen LogP contribution is 2.25. The molecule has 6 heteroatoms. The monoisotopic (exact) mass is 377 g/mol. The van der Waals surface area contributed by atoms with Gasteiger partial charge in [0.1, 0.15) is 5.82 Å². The zero-order valence-corrected chi connectivity index (χ0v) is 16.9. The van der Waals surface area contributed by atoms with E-state index in [9.17, 15) is 9.18 Å². The molecule has 0 spiro atoms. The van der Waals surface area contributed by atoms with Gasteiger partial charge < -0.3 is 15.0 Å². The smallest absolute Gasteiger partial charge is 0.309 e. The summed E-state index contributed by atoms with van der Waals surface area (Å²) in [5.74, 6) is 0.515. The van der Waals surface area contributed by atoms with E-state index in [1.165, 1.54) is 6.07 Å². The Bertz CT molecular complexity index is 653. The lowest BCUT2D eigenvalue weighted by Gasteiger charge is -2.34. The molecule has 2 rings (SSSR count). The fourth-order valence-electron chi connectivity index (χ4n) is 3.29. The minimum atomic E-state index is -0.272. The number of carbonyl (C=O) groups excluding carboxylic acids is 1. The van der Waals surface area contributed by atoms with Gasteiger partial charge >= 0.3 is 5.97 Å². The number of nitrogens with zero attached hydrogens (tertiary/aromatic N) is 2. The number of hydrogen-bond donors (Lipinski definition) is 1. The Morgan fingerprint density at radius 1 is 1.33 bits per heavy atom. The third kappa shape index (κ3) is 5.94.